The summed E-state index contributed by atoms with van der Waals surface area (Å²) in [5, 5.41) is 9.47. The molecule has 0 heterocycles. The van der Waals surface area contributed by atoms with Crippen molar-refractivity contribution in [1.82, 2.24) is 0 Å². The zero-order valence-corrected chi connectivity index (χ0v) is 9.54. The number of ether oxygens (including phenoxy) is 1. The molecule has 0 amide bonds. The topological polar surface area (TPSA) is 46.5 Å². The highest BCUT2D eigenvalue weighted by atomic mass is 35.5. The van der Waals surface area contributed by atoms with E-state index < -0.39 is 0 Å². The smallest absolute Gasteiger partial charge is 0.161 e. The molecule has 0 saturated carbocycles. The van der Waals surface area contributed by atoms with Gasteiger partial charge in [0.05, 0.1) is 7.11 Å². The summed E-state index contributed by atoms with van der Waals surface area (Å²) < 4.78 is 4.93. The van der Waals surface area contributed by atoms with E-state index in [0.29, 0.717) is 35.5 Å². The maximum atomic E-state index is 10.8. The second-order valence-corrected chi connectivity index (χ2v) is 3.35. The number of carbonyl (C=O) groups is 1. The number of alkyl halides is 1. The summed E-state index contributed by atoms with van der Waals surface area (Å²) in [6.45, 7) is 0. The normalized spacial score (nSPS) is 9.12. The number of aldehydes is 1. The van der Waals surface area contributed by atoms with Crippen molar-refractivity contribution in [2.24, 2.45) is 0 Å². The summed E-state index contributed by atoms with van der Waals surface area (Å²) in [4.78, 5) is 10.8. The van der Waals surface area contributed by atoms with Crippen molar-refractivity contribution in [2.45, 2.75) is 6.42 Å². The van der Waals surface area contributed by atoms with Crippen LogP contribution in [0.3, 0.4) is 0 Å². The molecule has 0 atom stereocenters. The lowest BCUT2D eigenvalue weighted by atomic mass is 10.1. The second kappa shape index (κ2) is 6.04. The number of methoxy groups -OCH3 is 1. The van der Waals surface area contributed by atoms with Gasteiger partial charge in [-0.25, -0.2) is 0 Å². The molecule has 84 valence electrons. The molecule has 0 saturated heterocycles. The Morgan fingerprint density at radius 2 is 2.31 bits per heavy atom. The average Bonchev–Trinajstić information content (AvgIpc) is 2.30. The Morgan fingerprint density at radius 3 is 2.88 bits per heavy atom. The van der Waals surface area contributed by atoms with E-state index in [0.717, 1.165) is 0 Å². The van der Waals surface area contributed by atoms with E-state index in [4.69, 9.17) is 16.3 Å². The van der Waals surface area contributed by atoms with Crippen LogP contribution in [0.1, 0.15) is 22.3 Å². The van der Waals surface area contributed by atoms with E-state index in [2.05, 4.69) is 11.8 Å². The Bertz CT molecular complexity index is 444. The summed E-state index contributed by atoms with van der Waals surface area (Å²) in [5.41, 5.74) is 0.857. The van der Waals surface area contributed by atoms with Gasteiger partial charge in [0, 0.05) is 29.5 Å². The second-order valence-electron chi connectivity index (χ2n) is 2.97. The highest BCUT2D eigenvalue weighted by molar-refractivity contribution is 6.18. The lowest BCUT2D eigenvalue weighted by Crippen LogP contribution is -1.91. The Morgan fingerprint density at radius 1 is 1.56 bits per heavy atom. The molecule has 0 fully saturated rings. The lowest BCUT2D eigenvalue weighted by Gasteiger charge is -2.05. The van der Waals surface area contributed by atoms with Crippen LogP contribution in [0.25, 0.3) is 0 Å². The van der Waals surface area contributed by atoms with Crippen molar-refractivity contribution in [3.63, 3.8) is 0 Å². The molecule has 3 nitrogen and oxygen atoms in total. The fraction of sp³-hybridized carbons (Fsp3) is 0.250. The van der Waals surface area contributed by atoms with Crippen LogP contribution >= 0.6 is 11.6 Å². The van der Waals surface area contributed by atoms with E-state index in [1.165, 1.54) is 19.2 Å². The van der Waals surface area contributed by atoms with Crippen LogP contribution in [0.4, 0.5) is 0 Å². The van der Waals surface area contributed by atoms with Gasteiger partial charge >= 0.3 is 0 Å². The molecule has 1 N–H and O–H groups in total. The highest BCUT2D eigenvalue weighted by Gasteiger charge is 2.07. The number of halogens is 1. The fourth-order valence-electron chi connectivity index (χ4n) is 1.16. The summed E-state index contributed by atoms with van der Waals surface area (Å²) in [5.74, 6) is 6.29. The minimum absolute atomic E-state index is 0.0764. The van der Waals surface area contributed by atoms with Gasteiger partial charge in [-0.05, 0) is 6.07 Å². The van der Waals surface area contributed by atoms with Crippen molar-refractivity contribution in [1.29, 1.82) is 0 Å². The van der Waals surface area contributed by atoms with Crippen LogP contribution in [0, 0.1) is 11.8 Å². The van der Waals surface area contributed by atoms with Crippen LogP contribution in [0.2, 0.25) is 0 Å². The number of carbonyl (C=O) groups excluding carboxylic acids is 1. The molecule has 0 unspecified atom stereocenters. The largest absolute Gasteiger partial charge is 0.504 e. The van der Waals surface area contributed by atoms with E-state index in [1.54, 1.807) is 0 Å². The number of benzene rings is 1. The minimum Gasteiger partial charge on any atom is -0.504 e. The Balaban J connectivity index is 3.16. The maximum Gasteiger partial charge on any atom is 0.161 e. The summed E-state index contributed by atoms with van der Waals surface area (Å²) in [7, 11) is 1.44. The first-order valence-electron chi connectivity index (χ1n) is 4.64. The molecule has 0 spiro atoms. The van der Waals surface area contributed by atoms with Gasteiger partial charge in [0.1, 0.15) is 0 Å². The van der Waals surface area contributed by atoms with Crippen LogP contribution in [-0.2, 0) is 0 Å². The number of phenols is 1. The predicted molar refractivity (Wildman–Crippen MR) is 62.3 cm³/mol. The van der Waals surface area contributed by atoms with E-state index >= 15 is 0 Å². The van der Waals surface area contributed by atoms with Gasteiger partial charge in [-0.3, -0.25) is 4.79 Å². The zero-order chi connectivity index (χ0) is 12.0. The molecule has 1 aromatic carbocycles. The minimum atomic E-state index is -0.0764. The summed E-state index contributed by atoms with van der Waals surface area (Å²) in [6, 6.07) is 2.86. The maximum absolute atomic E-state index is 10.8. The SMILES string of the molecule is COc1cc(C#CCCCl)c(C=O)cc1O. The predicted octanol–water partition coefficient (Wildman–Crippen LogP) is 2.19. The van der Waals surface area contributed by atoms with E-state index in [1.807, 2.05) is 0 Å². The van der Waals surface area contributed by atoms with E-state index in [-0.39, 0.29) is 5.75 Å². The first kappa shape index (κ1) is 12.4. The molecule has 0 aliphatic carbocycles. The number of hydrogen-bond donors (Lipinski definition) is 1. The van der Waals surface area contributed by atoms with Gasteiger partial charge in [-0.2, -0.15) is 0 Å². The third kappa shape index (κ3) is 2.91. The van der Waals surface area contributed by atoms with Crippen molar-refractivity contribution in [2.75, 3.05) is 13.0 Å². The summed E-state index contributed by atoms with van der Waals surface area (Å²) in [6.07, 6.45) is 1.19. The number of aromatic hydroxyl groups is 1. The van der Waals surface area contributed by atoms with Crippen LogP contribution < -0.4 is 4.74 Å². The van der Waals surface area contributed by atoms with Crippen molar-refractivity contribution in [3.8, 4) is 23.3 Å². The molecule has 0 aliphatic heterocycles. The molecule has 1 aromatic rings. The van der Waals surface area contributed by atoms with Crippen molar-refractivity contribution >= 4 is 17.9 Å². The molecule has 0 radical (unpaired) electrons. The zero-order valence-electron chi connectivity index (χ0n) is 8.79. The van der Waals surface area contributed by atoms with Crippen LogP contribution in [0.5, 0.6) is 11.5 Å². The van der Waals surface area contributed by atoms with Crippen LogP contribution in [0.15, 0.2) is 12.1 Å². The third-order valence-corrected chi connectivity index (χ3v) is 2.11. The molecule has 4 heteroatoms. The van der Waals surface area contributed by atoms with Gasteiger partial charge in [0.25, 0.3) is 0 Å². The average molecular weight is 239 g/mol. The molecular weight excluding hydrogens is 228 g/mol. The monoisotopic (exact) mass is 238 g/mol. The molecule has 0 bridgehead atoms. The van der Waals surface area contributed by atoms with E-state index in [9.17, 15) is 9.90 Å². The van der Waals surface area contributed by atoms with Gasteiger partial charge in [-0.15, -0.1) is 11.6 Å². The van der Waals surface area contributed by atoms with Crippen molar-refractivity contribution < 1.29 is 14.6 Å². The third-order valence-electron chi connectivity index (χ3n) is 1.92. The molecular formula is C12H11ClO3. The number of rotatable bonds is 3. The summed E-state index contributed by atoms with van der Waals surface area (Å²) >= 11 is 5.49. The van der Waals surface area contributed by atoms with Gasteiger partial charge in [-0.1, -0.05) is 11.8 Å². The number of hydrogen-bond acceptors (Lipinski definition) is 3. The number of phenolic OH excluding ortho intramolecular Hbond substituents is 1. The van der Waals surface area contributed by atoms with Crippen LogP contribution in [-0.4, -0.2) is 24.4 Å². The molecule has 16 heavy (non-hydrogen) atoms. The Labute approximate surface area is 99.0 Å². The first-order valence-corrected chi connectivity index (χ1v) is 5.17. The molecule has 0 aliphatic rings. The standard InChI is InChI=1S/C12H11ClO3/c1-16-12-7-9(4-2-3-5-13)10(8-14)6-11(12)15/h6-8,15H,3,5H2,1H3. The highest BCUT2D eigenvalue weighted by Crippen LogP contribution is 2.28. The Kier molecular flexibility index (Phi) is 4.68. The lowest BCUT2D eigenvalue weighted by molar-refractivity contribution is 0.112. The molecule has 1 rings (SSSR count). The quantitative estimate of drug-likeness (QED) is 0.499. The molecule has 0 aromatic heterocycles. The van der Waals surface area contributed by atoms with Gasteiger partial charge in [0.15, 0.2) is 17.8 Å². The van der Waals surface area contributed by atoms with Gasteiger partial charge < -0.3 is 9.84 Å². The fourth-order valence-corrected chi connectivity index (χ4v) is 1.25. The first-order chi connectivity index (χ1) is 7.72. The van der Waals surface area contributed by atoms with Gasteiger partial charge in [0.2, 0.25) is 0 Å². The Hall–Kier alpha value is -1.66. The van der Waals surface area contributed by atoms with Crippen molar-refractivity contribution in [3.05, 3.63) is 23.3 Å².